The Hall–Kier alpha value is -1.16. The van der Waals surface area contributed by atoms with Crippen molar-refractivity contribution in [1.82, 2.24) is 14.9 Å². The Kier molecular flexibility index (Phi) is 4.09. The van der Waals surface area contributed by atoms with Crippen LogP contribution in [0.15, 0.2) is 12.4 Å². The van der Waals surface area contributed by atoms with Crippen molar-refractivity contribution in [3.8, 4) is 0 Å². The average Bonchev–Trinajstić information content (AvgIpc) is 2.78. The predicted molar refractivity (Wildman–Crippen MR) is 79.5 cm³/mol. The molecule has 2 rings (SSSR count). The highest BCUT2D eigenvalue weighted by Gasteiger charge is 2.30. The number of rotatable bonds is 3. The normalized spacial score (nSPS) is 21.1. The van der Waals surface area contributed by atoms with Crippen LogP contribution in [0.4, 0.5) is 5.95 Å². The molecule has 2 heterocycles. The smallest absolute Gasteiger partial charge is 0.222 e. The lowest BCUT2D eigenvalue weighted by atomic mass is 10.1. The number of nitrogens with zero attached hydrogens (tertiary/aromatic N) is 3. The number of nitrogens with one attached hydrogen (secondary N) is 1. The molecule has 1 aliphatic rings. The van der Waals surface area contributed by atoms with Crippen LogP contribution in [-0.2, 0) is 0 Å². The van der Waals surface area contributed by atoms with Gasteiger partial charge < -0.3 is 5.32 Å². The third kappa shape index (κ3) is 3.66. The Morgan fingerprint density at radius 2 is 1.89 bits per heavy atom. The number of likely N-dealkylation sites (tertiary alicyclic amines) is 1. The van der Waals surface area contributed by atoms with Crippen LogP contribution in [0, 0.1) is 0 Å². The van der Waals surface area contributed by atoms with Crippen LogP contribution in [0.25, 0.3) is 0 Å². The topological polar surface area (TPSA) is 41.1 Å². The Morgan fingerprint density at radius 3 is 2.37 bits per heavy atom. The number of aromatic nitrogens is 2. The van der Waals surface area contributed by atoms with Crippen molar-refractivity contribution in [2.75, 3.05) is 18.4 Å². The number of hydrogen-bond donors (Lipinski definition) is 1. The third-order valence-corrected chi connectivity index (χ3v) is 3.81. The van der Waals surface area contributed by atoms with E-state index in [2.05, 4.69) is 54.8 Å². The second-order valence-corrected chi connectivity index (χ2v) is 6.74. The summed E-state index contributed by atoms with van der Waals surface area (Å²) in [6.45, 7) is 13.3. The molecule has 0 radical (unpaired) electrons. The van der Waals surface area contributed by atoms with Crippen LogP contribution in [-0.4, -0.2) is 39.5 Å². The molecule has 1 saturated heterocycles. The molecule has 106 valence electrons. The SMILES string of the molecule is CC(C)c1cnc(NC2CCN(C(C)(C)C)C2)nc1. The van der Waals surface area contributed by atoms with Gasteiger partial charge in [0, 0.05) is 37.1 Å². The summed E-state index contributed by atoms with van der Waals surface area (Å²) >= 11 is 0. The molecule has 0 aliphatic carbocycles. The summed E-state index contributed by atoms with van der Waals surface area (Å²) in [6.07, 6.45) is 5.01. The monoisotopic (exact) mass is 262 g/mol. The highest BCUT2D eigenvalue weighted by Crippen LogP contribution is 2.22. The fourth-order valence-electron chi connectivity index (χ4n) is 2.38. The fourth-order valence-corrected chi connectivity index (χ4v) is 2.38. The lowest BCUT2D eigenvalue weighted by Crippen LogP contribution is -2.40. The van der Waals surface area contributed by atoms with E-state index >= 15 is 0 Å². The van der Waals surface area contributed by atoms with Crippen molar-refractivity contribution in [3.05, 3.63) is 18.0 Å². The quantitative estimate of drug-likeness (QED) is 0.909. The zero-order valence-corrected chi connectivity index (χ0v) is 12.8. The molecule has 0 amide bonds. The molecule has 1 aliphatic heterocycles. The van der Waals surface area contributed by atoms with E-state index in [1.165, 1.54) is 5.56 Å². The van der Waals surface area contributed by atoms with E-state index in [1.54, 1.807) is 0 Å². The largest absolute Gasteiger partial charge is 0.350 e. The zero-order valence-electron chi connectivity index (χ0n) is 12.8. The van der Waals surface area contributed by atoms with Gasteiger partial charge in [-0.25, -0.2) is 9.97 Å². The third-order valence-electron chi connectivity index (χ3n) is 3.81. The summed E-state index contributed by atoms with van der Waals surface area (Å²) in [7, 11) is 0. The fraction of sp³-hybridized carbons (Fsp3) is 0.733. The zero-order chi connectivity index (χ0) is 14.0. The Balaban J connectivity index is 1.92. The molecular weight excluding hydrogens is 236 g/mol. The Labute approximate surface area is 116 Å². The van der Waals surface area contributed by atoms with Gasteiger partial charge in [-0.3, -0.25) is 4.90 Å². The average molecular weight is 262 g/mol. The highest BCUT2D eigenvalue weighted by atomic mass is 15.2. The summed E-state index contributed by atoms with van der Waals surface area (Å²) < 4.78 is 0. The van der Waals surface area contributed by atoms with E-state index in [9.17, 15) is 0 Å². The van der Waals surface area contributed by atoms with E-state index in [0.29, 0.717) is 12.0 Å². The van der Waals surface area contributed by atoms with Gasteiger partial charge in [0.1, 0.15) is 0 Å². The summed E-state index contributed by atoms with van der Waals surface area (Å²) in [6, 6.07) is 0.462. The maximum atomic E-state index is 4.41. The molecule has 1 atom stereocenters. The van der Waals surface area contributed by atoms with Gasteiger partial charge in [-0.1, -0.05) is 13.8 Å². The van der Waals surface area contributed by atoms with Gasteiger partial charge in [0.2, 0.25) is 5.95 Å². The van der Waals surface area contributed by atoms with Crippen LogP contribution in [0.2, 0.25) is 0 Å². The van der Waals surface area contributed by atoms with Gasteiger partial charge in [0.25, 0.3) is 0 Å². The lowest BCUT2D eigenvalue weighted by Gasteiger charge is -2.31. The lowest BCUT2D eigenvalue weighted by molar-refractivity contribution is 0.174. The molecule has 4 heteroatoms. The summed E-state index contributed by atoms with van der Waals surface area (Å²) in [5, 5.41) is 3.45. The van der Waals surface area contributed by atoms with Gasteiger partial charge in [-0.15, -0.1) is 0 Å². The van der Waals surface area contributed by atoms with Gasteiger partial charge in [0.05, 0.1) is 0 Å². The molecule has 0 spiro atoms. The standard InChI is InChI=1S/C15H26N4/c1-11(2)12-8-16-14(17-9-12)18-13-6-7-19(10-13)15(3,4)5/h8-9,11,13H,6-7,10H2,1-5H3,(H,16,17,18). The summed E-state index contributed by atoms with van der Waals surface area (Å²) in [4.78, 5) is 11.3. The van der Waals surface area contributed by atoms with Crippen LogP contribution < -0.4 is 5.32 Å². The van der Waals surface area contributed by atoms with Crippen molar-refractivity contribution in [2.45, 2.75) is 58.5 Å². The summed E-state index contributed by atoms with van der Waals surface area (Å²) in [5.41, 5.74) is 1.44. The van der Waals surface area contributed by atoms with Gasteiger partial charge in [0.15, 0.2) is 0 Å². The number of anilines is 1. The van der Waals surface area contributed by atoms with Crippen molar-refractivity contribution in [2.24, 2.45) is 0 Å². The van der Waals surface area contributed by atoms with Gasteiger partial charge >= 0.3 is 0 Å². The second-order valence-electron chi connectivity index (χ2n) is 6.74. The molecule has 19 heavy (non-hydrogen) atoms. The summed E-state index contributed by atoms with van der Waals surface area (Å²) in [5.74, 6) is 1.24. The van der Waals surface area contributed by atoms with E-state index in [-0.39, 0.29) is 5.54 Å². The van der Waals surface area contributed by atoms with Gasteiger partial charge in [-0.2, -0.15) is 0 Å². The molecule has 0 aromatic carbocycles. The van der Waals surface area contributed by atoms with Crippen molar-refractivity contribution in [1.29, 1.82) is 0 Å². The predicted octanol–water partition coefficient (Wildman–Crippen LogP) is 2.88. The highest BCUT2D eigenvalue weighted by molar-refractivity contribution is 5.28. The Morgan fingerprint density at radius 1 is 1.26 bits per heavy atom. The first-order valence-corrected chi connectivity index (χ1v) is 7.20. The minimum Gasteiger partial charge on any atom is -0.350 e. The molecule has 1 unspecified atom stereocenters. The van der Waals surface area contributed by atoms with E-state index < -0.39 is 0 Å². The van der Waals surface area contributed by atoms with E-state index in [4.69, 9.17) is 0 Å². The maximum absolute atomic E-state index is 4.41. The molecule has 0 bridgehead atoms. The first-order chi connectivity index (χ1) is 8.86. The molecule has 1 aromatic rings. The molecule has 4 nitrogen and oxygen atoms in total. The first kappa shape index (κ1) is 14.3. The molecule has 0 saturated carbocycles. The van der Waals surface area contributed by atoms with Crippen LogP contribution >= 0.6 is 0 Å². The molecule has 1 fully saturated rings. The van der Waals surface area contributed by atoms with Crippen molar-refractivity contribution < 1.29 is 0 Å². The molecule has 1 aromatic heterocycles. The minimum absolute atomic E-state index is 0.249. The van der Waals surface area contributed by atoms with Gasteiger partial charge in [-0.05, 0) is 38.7 Å². The van der Waals surface area contributed by atoms with Crippen LogP contribution in [0.5, 0.6) is 0 Å². The number of hydrogen-bond acceptors (Lipinski definition) is 4. The molecule has 1 N–H and O–H groups in total. The van der Waals surface area contributed by atoms with Crippen LogP contribution in [0.3, 0.4) is 0 Å². The van der Waals surface area contributed by atoms with Crippen LogP contribution in [0.1, 0.15) is 52.5 Å². The second kappa shape index (κ2) is 5.45. The minimum atomic E-state index is 0.249. The van der Waals surface area contributed by atoms with E-state index in [1.807, 2.05) is 12.4 Å². The molecular formula is C15H26N4. The first-order valence-electron chi connectivity index (χ1n) is 7.20. The van der Waals surface area contributed by atoms with E-state index in [0.717, 1.165) is 25.5 Å². The van der Waals surface area contributed by atoms with Crippen molar-refractivity contribution in [3.63, 3.8) is 0 Å². The van der Waals surface area contributed by atoms with Crippen molar-refractivity contribution >= 4 is 5.95 Å². The Bertz CT molecular complexity index is 405. The maximum Gasteiger partial charge on any atom is 0.222 e.